The van der Waals surface area contributed by atoms with Crippen LogP contribution in [0, 0.1) is 5.92 Å². The van der Waals surface area contributed by atoms with Gasteiger partial charge in [0, 0.05) is 0 Å². The van der Waals surface area contributed by atoms with E-state index in [9.17, 15) is 0 Å². The van der Waals surface area contributed by atoms with Crippen LogP contribution in [-0.4, -0.2) is 6.10 Å². The summed E-state index contributed by atoms with van der Waals surface area (Å²) in [6.07, 6.45) is 1.92. The predicted octanol–water partition coefficient (Wildman–Crippen LogP) is 5.16. The Morgan fingerprint density at radius 3 is 2.35 bits per heavy atom. The summed E-state index contributed by atoms with van der Waals surface area (Å²) in [6.45, 7) is 12.5. The highest BCUT2D eigenvalue weighted by Crippen LogP contribution is 2.35. The molecule has 1 aromatic carbocycles. The lowest BCUT2D eigenvalue weighted by atomic mass is 10.0. The van der Waals surface area contributed by atoms with Gasteiger partial charge in [-0.1, -0.05) is 52.5 Å². The predicted molar refractivity (Wildman–Crippen MR) is 77.7 cm³/mol. The second-order valence-electron chi connectivity index (χ2n) is 4.88. The number of hydrogen-bond acceptors (Lipinski definition) is 1. The standard InChI is InChI=1S/C15H21BrO/c1-6-14(11(4)5)17-15-12(10(2)3)8-7-9-13(15)16/h6-11,14H,1H2,2-5H3. The average molecular weight is 297 g/mol. The fourth-order valence-electron chi connectivity index (χ4n) is 1.70. The van der Waals surface area contributed by atoms with Gasteiger partial charge in [-0.05, 0) is 39.4 Å². The molecular formula is C15H21BrO. The molecule has 1 nitrogen and oxygen atoms in total. The maximum absolute atomic E-state index is 6.08. The van der Waals surface area contributed by atoms with Crippen molar-refractivity contribution < 1.29 is 4.74 Å². The molecule has 1 atom stereocenters. The Morgan fingerprint density at radius 1 is 1.24 bits per heavy atom. The number of halogens is 1. The summed E-state index contributed by atoms with van der Waals surface area (Å²) in [4.78, 5) is 0. The number of rotatable bonds is 5. The van der Waals surface area contributed by atoms with Gasteiger partial charge in [-0.15, -0.1) is 0 Å². The molecule has 2 heteroatoms. The normalized spacial score (nSPS) is 12.9. The minimum absolute atomic E-state index is 0.0474. The summed E-state index contributed by atoms with van der Waals surface area (Å²) in [5.74, 6) is 1.81. The number of para-hydroxylation sites is 1. The number of ether oxygens (including phenoxy) is 1. The van der Waals surface area contributed by atoms with E-state index in [0.717, 1.165) is 10.2 Å². The third kappa shape index (κ3) is 3.60. The maximum Gasteiger partial charge on any atom is 0.137 e. The fraction of sp³-hybridized carbons (Fsp3) is 0.467. The van der Waals surface area contributed by atoms with Crippen LogP contribution in [0.4, 0.5) is 0 Å². The maximum atomic E-state index is 6.08. The van der Waals surface area contributed by atoms with Crippen LogP contribution < -0.4 is 4.74 Å². The van der Waals surface area contributed by atoms with Crippen LogP contribution in [0.25, 0.3) is 0 Å². The summed E-state index contributed by atoms with van der Waals surface area (Å²) < 4.78 is 7.09. The Morgan fingerprint density at radius 2 is 1.88 bits per heavy atom. The molecule has 0 heterocycles. The molecule has 0 saturated carbocycles. The zero-order valence-electron chi connectivity index (χ0n) is 11.0. The van der Waals surface area contributed by atoms with Gasteiger partial charge in [-0.3, -0.25) is 0 Å². The third-order valence-electron chi connectivity index (χ3n) is 2.76. The molecule has 94 valence electrons. The van der Waals surface area contributed by atoms with E-state index in [0.29, 0.717) is 11.8 Å². The van der Waals surface area contributed by atoms with Gasteiger partial charge in [0.05, 0.1) is 4.47 Å². The summed E-state index contributed by atoms with van der Waals surface area (Å²) in [6, 6.07) is 6.18. The van der Waals surface area contributed by atoms with E-state index in [1.165, 1.54) is 5.56 Å². The van der Waals surface area contributed by atoms with Crippen molar-refractivity contribution in [1.29, 1.82) is 0 Å². The van der Waals surface area contributed by atoms with Gasteiger partial charge in [0.15, 0.2) is 0 Å². The summed E-state index contributed by atoms with van der Waals surface area (Å²) in [7, 11) is 0. The highest BCUT2D eigenvalue weighted by molar-refractivity contribution is 9.10. The lowest BCUT2D eigenvalue weighted by Gasteiger charge is -2.23. The Kier molecular flexibility index (Phi) is 5.26. The highest BCUT2D eigenvalue weighted by atomic mass is 79.9. The summed E-state index contributed by atoms with van der Waals surface area (Å²) >= 11 is 3.56. The van der Waals surface area contributed by atoms with Crippen molar-refractivity contribution >= 4 is 15.9 Å². The topological polar surface area (TPSA) is 9.23 Å². The molecule has 0 amide bonds. The molecule has 0 radical (unpaired) electrons. The van der Waals surface area contributed by atoms with Crippen molar-refractivity contribution in [3.63, 3.8) is 0 Å². The van der Waals surface area contributed by atoms with Gasteiger partial charge in [-0.2, -0.15) is 0 Å². The smallest absolute Gasteiger partial charge is 0.137 e. The zero-order valence-corrected chi connectivity index (χ0v) is 12.6. The van der Waals surface area contributed by atoms with Gasteiger partial charge in [0.1, 0.15) is 11.9 Å². The SMILES string of the molecule is C=CC(Oc1c(Br)cccc1C(C)C)C(C)C. The van der Waals surface area contributed by atoms with Crippen molar-refractivity contribution in [2.24, 2.45) is 5.92 Å². The summed E-state index contributed by atoms with van der Waals surface area (Å²) in [5.41, 5.74) is 1.23. The lowest BCUT2D eigenvalue weighted by molar-refractivity contribution is 0.194. The molecular weight excluding hydrogens is 276 g/mol. The second-order valence-corrected chi connectivity index (χ2v) is 5.73. The molecule has 0 aliphatic heterocycles. The first kappa shape index (κ1) is 14.3. The van der Waals surface area contributed by atoms with E-state index in [-0.39, 0.29) is 6.10 Å². The molecule has 0 aromatic heterocycles. The largest absolute Gasteiger partial charge is 0.485 e. The van der Waals surface area contributed by atoms with Gasteiger partial charge in [-0.25, -0.2) is 0 Å². The molecule has 0 aliphatic carbocycles. The van der Waals surface area contributed by atoms with Gasteiger partial charge >= 0.3 is 0 Å². The first-order valence-corrected chi connectivity index (χ1v) is 6.84. The minimum Gasteiger partial charge on any atom is -0.485 e. The molecule has 1 rings (SSSR count). The van der Waals surface area contributed by atoms with E-state index in [1.54, 1.807) is 0 Å². The molecule has 0 N–H and O–H groups in total. The Hall–Kier alpha value is -0.760. The monoisotopic (exact) mass is 296 g/mol. The number of hydrogen-bond donors (Lipinski definition) is 0. The highest BCUT2D eigenvalue weighted by Gasteiger charge is 2.17. The Balaban J connectivity index is 3.07. The van der Waals surface area contributed by atoms with Crippen LogP contribution in [0.15, 0.2) is 35.3 Å². The molecule has 0 saturated heterocycles. The molecule has 1 unspecified atom stereocenters. The van der Waals surface area contributed by atoms with Crippen molar-refractivity contribution in [3.05, 3.63) is 40.9 Å². The third-order valence-corrected chi connectivity index (χ3v) is 3.39. The zero-order chi connectivity index (χ0) is 13.0. The molecule has 17 heavy (non-hydrogen) atoms. The van der Waals surface area contributed by atoms with Crippen molar-refractivity contribution in [2.45, 2.75) is 39.7 Å². The molecule has 0 fully saturated rings. The van der Waals surface area contributed by atoms with Gasteiger partial charge in [0.2, 0.25) is 0 Å². The van der Waals surface area contributed by atoms with Crippen molar-refractivity contribution in [3.8, 4) is 5.75 Å². The van der Waals surface area contributed by atoms with Crippen LogP contribution in [0.1, 0.15) is 39.2 Å². The molecule has 1 aromatic rings. The second kappa shape index (κ2) is 6.25. The van der Waals surface area contributed by atoms with Crippen LogP contribution in [0.2, 0.25) is 0 Å². The first-order valence-electron chi connectivity index (χ1n) is 6.05. The Bertz CT molecular complexity index is 383. The molecule has 0 spiro atoms. The molecule has 0 aliphatic rings. The van der Waals surface area contributed by atoms with Crippen LogP contribution in [0.5, 0.6) is 5.75 Å². The van der Waals surface area contributed by atoms with Crippen LogP contribution in [0.3, 0.4) is 0 Å². The Labute approximate surface area is 113 Å². The van der Waals surface area contributed by atoms with Crippen molar-refractivity contribution in [2.75, 3.05) is 0 Å². The van der Waals surface area contributed by atoms with E-state index >= 15 is 0 Å². The minimum atomic E-state index is 0.0474. The van der Waals surface area contributed by atoms with E-state index in [1.807, 2.05) is 18.2 Å². The van der Waals surface area contributed by atoms with E-state index in [4.69, 9.17) is 4.74 Å². The van der Waals surface area contributed by atoms with Gasteiger partial charge in [0.25, 0.3) is 0 Å². The van der Waals surface area contributed by atoms with E-state index in [2.05, 4.69) is 56.3 Å². The number of benzene rings is 1. The van der Waals surface area contributed by atoms with Crippen LogP contribution in [-0.2, 0) is 0 Å². The lowest BCUT2D eigenvalue weighted by Crippen LogP contribution is -2.21. The first-order chi connectivity index (χ1) is 7.97. The fourth-order valence-corrected chi connectivity index (χ4v) is 2.17. The quantitative estimate of drug-likeness (QED) is 0.682. The summed E-state index contributed by atoms with van der Waals surface area (Å²) in [5, 5.41) is 0. The molecule has 0 bridgehead atoms. The van der Waals surface area contributed by atoms with E-state index < -0.39 is 0 Å². The average Bonchev–Trinajstić information content (AvgIpc) is 2.26. The van der Waals surface area contributed by atoms with Crippen molar-refractivity contribution in [1.82, 2.24) is 0 Å². The van der Waals surface area contributed by atoms with Gasteiger partial charge < -0.3 is 4.74 Å². The van der Waals surface area contributed by atoms with Crippen LogP contribution >= 0.6 is 15.9 Å².